The summed E-state index contributed by atoms with van der Waals surface area (Å²) in [5.74, 6) is 0.190. The molecule has 0 bridgehead atoms. The van der Waals surface area contributed by atoms with Gasteiger partial charge in [-0.1, -0.05) is 24.3 Å². The van der Waals surface area contributed by atoms with Gasteiger partial charge in [-0.05, 0) is 36.9 Å². The molecule has 0 fully saturated rings. The number of thiophene rings is 1. The predicted molar refractivity (Wildman–Crippen MR) is 77.7 cm³/mol. The predicted octanol–water partition coefficient (Wildman–Crippen LogP) is 3.77. The molecular weight excluding hydrogens is 242 g/mol. The van der Waals surface area contributed by atoms with E-state index in [4.69, 9.17) is 0 Å². The van der Waals surface area contributed by atoms with Gasteiger partial charge >= 0.3 is 0 Å². The van der Waals surface area contributed by atoms with Crippen LogP contribution in [0.2, 0.25) is 0 Å². The van der Waals surface area contributed by atoms with E-state index in [1.807, 2.05) is 29.6 Å². The molecule has 1 heterocycles. The molecule has 0 spiro atoms. The minimum atomic E-state index is 0.190. The Morgan fingerprint density at radius 1 is 1.22 bits per heavy atom. The summed E-state index contributed by atoms with van der Waals surface area (Å²) >= 11 is 1.51. The Kier molecular flexibility index (Phi) is 4.15. The average Bonchev–Trinajstić information content (AvgIpc) is 2.90. The molecule has 94 valence electrons. The van der Waals surface area contributed by atoms with Crippen molar-refractivity contribution in [3.05, 3.63) is 52.2 Å². The van der Waals surface area contributed by atoms with Crippen molar-refractivity contribution in [2.24, 2.45) is 0 Å². The number of carbonyl (C=O) groups excluding carboxylic acids is 1. The first-order valence-corrected chi connectivity index (χ1v) is 6.97. The maximum atomic E-state index is 12.1. The van der Waals surface area contributed by atoms with E-state index in [1.165, 1.54) is 16.9 Å². The second-order valence-corrected chi connectivity index (χ2v) is 5.15. The van der Waals surface area contributed by atoms with Crippen LogP contribution in [0.1, 0.15) is 22.2 Å². The van der Waals surface area contributed by atoms with Crippen molar-refractivity contribution in [3.63, 3.8) is 0 Å². The lowest BCUT2D eigenvalue weighted by atomic mass is 10.1. The molecule has 0 radical (unpaired) electrons. The van der Waals surface area contributed by atoms with Crippen LogP contribution in [-0.4, -0.2) is 18.9 Å². The first-order valence-electron chi connectivity index (χ1n) is 6.09. The summed E-state index contributed by atoms with van der Waals surface area (Å²) in [6.45, 7) is 5.44. The second-order valence-electron chi connectivity index (χ2n) is 4.20. The van der Waals surface area contributed by atoms with Gasteiger partial charge in [0.15, 0.2) is 5.78 Å². The van der Waals surface area contributed by atoms with E-state index in [0.29, 0.717) is 6.54 Å². The Morgan fingerprint density at radius 2 is 2.00 bits per heavy atom. The molecule has 2 nitrogen and oxygen atoms in total. The fourth-order valence-corrected chi connectivity index (χ4v) is 2.63. The van der Waals surface area contributed by atoms with Gasteiger partial charge in [-0.15, -0.1) is 11.3 Å². The highest BCUT2D eigenvalue weighted by molar-refractivity contribution is 7.12. The molecular formula is C15H17NOS. The van der Waals surface area contributed by atoms with E-state index in [9.17, 15) is 4.79 Å². The third kappa shape index (κ3) is 2.79. The highest BCUT2D eigenvalue weighted by Gasteiger charge is 2.13. The standard InChI is InChI=1S/C15H17NOS/c1-3-16(13-8-5-4-7-12(13)2)11-14(17)15-9-6-10-18-15/h4-10H,3,11H2,1-2H3. The molecule has 0 amide bonds. The van der Waals surface area contributed by atoms with Crippen LogP contribution in [-0.2, 0) is 0 Å². The number of carbonyl (C=O) groups is 1. The Hall–Kier alpha value is -1.61. The molecule has 1 aromatic carbocycles. The highest BCUT2D eigenvalue weighted by Crippen LogP contribution is 2.20. The molecule has 0 aliphatic carbocycles. The summed E-state index contributed by atoms with van der Waals surface area (Å²) in [7, 11) is 0. The van der Waals surface area contributed by atoms with Crippen LogP contribution in [0.25, 0.3) is 0 Å². The lowest BCUT2D eigenvalue weighted by molar-refractivity contribution is 0.100. The van der Waals surface area contributed by atoms with Crippen molar-refractivity contribution in [3.8, 4) is 0 Å². The maximum Gasteiger partial charge on any atom is 0.191 e. The summed E-state index contributed by atoms with van der Waals surface area (Å²) in [5.41, 5.74) is 2.35. The smallest absolute Gasteiger partial charge is 0.191 e. The molecule has 1 aromatic heterocycles. The van der Waals surface area contributed by atoms with Crippen LogP contribution in [0, 0.1) is 6.92 Å². The number of likely N-dealkylation sites (N-methyl/N-ethyl adjacent to an activating group) is 1. The summed E-state index contributed by atoms with van der Waals surface area (Å²) < 4.78 is 0. The zero-order valence-electron chi connectivity index (χ0n) is 10.7. The molecule has 2 rings (SSSR count). The largest absolute Gasteiger partial charge is 0.364 e. The van der Waals surface area contributed by atoms with Crippen LogP contribution < -0.4 is 4.90 Å². The molecule has 3 heteroatoms. The number of nitrogens with zero attached hydrogens (tertiary/aromatic N) is 1. The molecule has 0 aliphatic rings. The zero-order chi connectivity index (χ0) is 13.0. The van der Waals surface area contributed by atoms with E-state index < -0.39 is 0 Å². The van der Waals surface area contributed by atoms with Gasteiger partial charge in [-0.2, -0.15) is 0 Å². The molecule has 0 aliphatic heterocycles. The molecule has 0 saturated heterocycles. The lowest BCUT2D eigenvalue weighted by Crippen LogP contribution is -2.29. The zero-order valence-corrected chi connectivity index (χ0v) is 11.5. The Balaban J connectivity index is 2.16. The van der Waals surface area contributed by atoms with E-state index in [-0.39, 0.29) is 5.78 Å². The fourth-order valence-electron chi connectivity index (χ4n) is 1.97. The number of aryl methyl sites for hydroxylation is 1. The van der Waals surface area contributed by atoms with E-state index in [2.05, 4.69) is 30.9 Å². The van der Waals surface area contributed by atoms with Crippen LogP contribution in [0.4, 0.5) is 5.69 Å². The maximum absolute atomic E-state index is 12.1. The van der Waals surface area contributed by atoms with Crippen molar-refractivity contribution in [1.29, 1.82) is 0 Å². The van der Waals surface area contributed by atoms with Gasteiger partial charge < -0.3 is 4.90 Å². The third-order valence-corrected chi connectivity index (χ3v) is 3.88. The van der Waals surface area contributed by atoms with Gasteiger partial charge in [0.25, 0.3) is 0 Å². The van der Waals surface area contributed by atoms with E-state index >= 15 is 0 Å². The summed E-state index contributed by atoms with van der Waals surface area (Å²) in [5, 5.41) is 1.94. The SMILES string of the molecule is CCN(CC(=O)c1cccs1)c1ccccc1C. The Labute approximate surface area is 112 Å². The molecule has 0 N–H and O–H groups in total. The van der Waals surface area contributed by atoms with E-state index in [1.54, 1.807) is 0 Å². The average molecular weight is 259 g/mol. The first-order chi connectivity index (χ1) is 8.72. The highest BCUT2D eigenvalue weighted by atomic mass is 32.1. The number of benzene rings is 1. The van der Waals surface area contributed by atoms with Crippen molar-refractivity contribution in [1.82, 2.24) is 0 Å². The van der Waals surface area contributed by atoms with Crippen molar-refractivity contribution in [2.45, 2.75) is 13.8 Å². The van der Waals surface area contributed by atoms with Gasteiger partial charge in [0, 0.05) is 12.2 Å². The third-order valence-electron chi connectivity index (χ3n) is 2.97. The molecule has 0 atom stereocenters. The number of anilines is 1. The van der Waals surface area contributed by atoms with Gasteiger partial charge in [-0.25, -0.2) is 0 Å². The summed E-state index contributed by atoms with van der Waals surface area (Å²) in [6, 6.07) is 12.0. The number of hydrogen-bond acceptors (Lipinski definition) is 3. The lowest BCUT2D eigenvalue weighted by Gasteiger charge is -2.23. The van der Waals surface area contributed by atoms with Crippen LogP contribution in [0.15, 0.2) is 41.8 Å². The first kappa shape index (κ1) is 12.8. The Bertz CT molecular complexity index is 519. The minimum absolute atomic E-state index is 0.190. The quantitative estimate of drug-likeness (QED) is 0.762. The van der Waals surface area contributed by atoms with Crippen LogP contribution in [0.5, 0.6) is 0 Å². The van der Waals surface area contributed by atoms with Gasteiger partial charge in [-0.3, -0.25) is 4.79 Å². The topological polar surface area (TPSA) is 20.3 Å². The van der Waals surface area contributed by atoms with Crippen molar-refractivity contribution >= 4 is 22.8 Å². The molecule has 0 unspecified atom stereocenters. The van der Waals surface area contributed by atoms with Gasteiger partial charge in [0.05, 0.1) is 11.4 Å². The van der Waals surface area contributed by atoms with Crippen LogP contribution in [0.3, 0.4) is 0 Å². The summed E-state index contributed by atoms with van der Waals surface area (Å²) in [6.07, 6.45) is 0. The number of para-hydroxylation sites is 1. The number of hydrogen-bond donors (Lipinski definition) is 0. The number of ketones is 1. The monoisotopic (exact) mass is 259 g/mol. The summed E-state index contributed by atoms with van der Waals surface area (Å²) in [4.78, 5) is 15.1. The fraction of sp³-hybridized carbons (Fsp3) is 0.267. The second kappa shape index (κ2) is 5.83. The van der Waals surface area contributed by atoms with Gasteiger partial charge in [0.2, 0.25) is 0 Å². The van der Waals surface area contributed by atoms with Crippen LogP contribution >= 0.6 is 11.3 Å². The van der Waals surface area contributed by atoms with E-state index in [0.717, 1.165) is 17.1 Å². The Morgan fingerprint density at radius 3 is 2.61 bits per heavy atom. The molecule has 2 aromatic rings. The van der Waals surface area contributed by atoms with Gasteiger partial charge in [0.1, 0.15) is 0 Å². The number of Topliss-reactive ketones (excluding diaryl/α,β-unsaturated/α-hetero) is 1. The normalized spacial score (nSPS) is 10.3. The molecule has 18 heavy (non-hydrogen) atoms. The number of rotatable bonds is 5. The minimum Gasteiger partial charge on any atom is -0.364 e. The van der Waals surface area contributed by atoms with Crippen molar-refractivity contribution in [2.75, 3.05) is 18.0 Å². The van der Waals surface area contributed by atoms with Crippen molar-refractivity contribution < 1.29 is 4.79 Å². The molecule has 0 saturated carbocycles.